The van der Waals surface area contributed by atoms with Crippen molar-refractivity contribution in [3.8, 4) is 0 Å². The Morgan fingerprint density at radius 2 is 1.88 bits per heavy atom. The summed E-state index contributed by atoms with van der Waals surface area (Å²) in [6.07, 6.45) is 4.99. The molecular weight excluding hydrogens is 304 g/mol. The van der Waals surface area contributed by atoms with E-state index in [9.17, 15) is 0 Å². The van der Waals surface area contributed by atoms with Gasteiger partial charge in [0.15, 0.2) is 0 Å². The van der Waals surface area contributed by atoms with E-state index in [2.05, 4.69) is 72.0 Å². The Morgan fingerprint density at radius 3 is 2.72 bits per heavy atom. The molecule has 1 saturated heterocycles. The number of hydrogen-bond donors (Lipinski definition) is 0. The lowest BCUT2D eigenvalue weighted by Gasteiger charge is -2.32. The summed E-state index contributed by atoms with van der Waals surface area (Å²) < 4.78 is 2.63. The van der Waals surface area contributed by atoms with E-state index in [0.29, 0.717) is 6.04 Å². The van der Waals surface area contributed by atoms with Gasteiger partial charge < -0.3 is 4.57 Å². The van der Waals surface area contributed by atoms with E-state index in [1.807, 2.05) is 0 Å². The van der Waals surface area contributed by atoms with Crippen molar-refractivity contribution in [3.63, 3.8) is 0 Å². The van der Waals surface area contributed by atoms with Gasteiger partial charge in [-0.05, 0) is 56.5 Å². The molecule has 0 unspecified atom stereocenters. The summed E-state index contributed by atoms with van der Waals surface area (Å²) in [5.41, 5.74) is 7.48. The average molecular weight is 330 g/mol. The third-order valence-electron chi connectivity index (χ3n) is 6.44. The molecule has 25 heavy (non-hydrogen) atoms. The molecule has 0 amide bonds. The third kappa shape index (κ3) is 2.35. The van der Waals surface area contributed by atoms with E-state index in [4.69, 9.17) is 0 Å². The van der Waals surface area contributed by atoms with Crippen molar-refractivity contribution in [1.82, 2.24) is 9.47 Å². The van der Waals surface area contributed by atoms with Crippen LogP contribution in [-0.2, 0) is 19.4 Å². The summed E-state index contributed by atoms with van der Waals surface area (Å²) in [5, 5.41) is 1.50. The monoisotopic (exact) mass is 330 g/mol. The van der Waals surface area contributed by atoms with Crippen LogP contribution in [0, 0.1) is 6.92 Å². The first-order chi connectivity index (χ1) is 12.2. The molecule has 1 aromatic heterocycles. The highest BCUT2D eigenvalue weighted by Gasteiger charge is 2.40. The molecule has 3 heterocycles. The fraction of sp³-hybridized carbons (Fsp3) is 0.391. The lowest BCUT2D eigenvalue weighted by molar-refractivity contribution is 0.222. The van der Waals surface area contributed by atoms with Crippen LogP contribution in [0.3, 0.4) is 0 Å². The van der Waals surface area contributed by atoms with Crippen molar-refractivity contribution < 1.29 is 0 Å². The van der Waals surface area contributed by atoms with Gasteiger partial charge in [0, 0.05) is 41.6 Å². The second-order valence-electron chi connectivity index (χ2n) is 7.88. The van der Waals surface area contributed by atoms with Gasteiger partial charge in [0.1, 0.15) is 0 Å². The predicted octanol–water partition coefficient (Wildman–Crippen LogP) is 4.88. The second-order valence-corrected chi connectivity index (χ2v) is 7.88. The van der Waals surface area contributed by atoms with Crippen LogP contribution in [-0.4, -0.2) is 22.6 Å². The Kier molecular flexibility index (Phi) is 3.49. The topological polar surface area (TPSA) is 8.17 Å². The SMILES string of the molecule is Cc1ccc2c(c1)c1c(n2CCc2ccccc2)C[C@@H]2CC[C@H]1N2C. The smallest absolute Gasteiger partial charge is 0.0486 e. The molecule has 2 aliphatic heterocycles. The van der Waals surface area contributed by atoms with E-state index >= 15 is 0 Å². The van der Waals surface area contributed by atoms with Crippen molar-refractivity contribution in [2.24, 2.45) is 0 Å². The van der Waals surface area contributed by atoms with Gasteiger partial charge in [-0.3, -0.25) is 4.90 Å². The minimum atomic E-state index is 0.621. The van der Waals surface area contributed by atoms with Crippen LogP contribution in [0.4, 0.5) is 0 Å². The standard InChI is InChI=1S/C23H26N2/c1-16-8-10-20-19(14-16)23-21-11-9-18(24(21)2)15-22(23)25(20)13-12-17-6-4-3-5-7-17/h3-8,10,14,18,21H,9,11-13,15H2,1-2H3/t18-,21+/m0/s1. The van der Waals surface area contributed by atoms with Gasteiger partial charge in [-0.1, -0.05) is 42.0 Å². The number of hydrogen-bond acceptors (Lipinski definition) is 1. The van der Waals surface area contributed by atoms with Gasteiger partial charge >= 0.3 is 0 Å². The zero-order valence-electron chi connectivity index (χ0n) is 15.2. The lowest BCUT2D eigenvalue weighted by atomic mass is 9.97. The molecule has 0 aliphatic carbocycles. The van der Waals surface area contributed by atoms with Crippen molar-refractivity contribution in [2.75, 3.05) is 7.05 Å². The highest BCUT2D eigenvalue weighted by molar-refractivity contribution is 5.87. The number of rotatable bonds is 3. The quantitative estimate of drug-likeness (QED) is 0.664. The number of aromatic nitrogens is 1. The van der Waals surface area contributed by atoms with Crippen LogP contribution < -0.4 is 0 Å². The minimum absolute atomic E-state index is 0.621. The van der Waals surface area contributed by atoms with E-state index in [0.717, 1.165) is 19.0 Å². The molecule has 2 bridgehead atoms. The fourth-order valence-electron chi connectivity index (χ4n) is 5.11. The number of fused-ring (bicyclic) bond motifs is 6. The van der Waals surface area contributed by atoms with Crippen LogP contribution in [0.2, 0.25) is 0 Å². The normalized spacial score (nSPS) is 22.5. The summed E-state index contributed by atoms with van der Waals surface area (Å²) in [6.45, 7) is 3.30. The average Bonchev–Trinajstić information content (AvgIpc) is 3.04. The highest BCUT2D eigenvalue weighted by atomic mass is 15.2. The van der Waals surface area contributed by atoms with E-state index < -0.39 is 0 Å². The summed E-state index contributed by atoms with van der Waals surface area (Å²) in [4.78, 5) is 2.63. The number of nitrogens with zero attached hydrogens (tertiary/aromatic N) is 2. The Balaban J connectivity index is 1.62. The Labute approximate surface area is 150 Å². The molecule has 3 aromatic rings. The maximum absolute atomic E-state index is 2.63. The van der Waals surface area contributed by atoms with E-state index in [1.54, 1.807) is 11.3 Å². The van der Waals surface area contributed by atoms with E-state index in [1.165, 1.54) is 41.3 Å². The largest absolute Gasteiger partial charge is 0.344 e. The van der Waals surface area contributed by atoms with Gasteiger partial charge in [-0.2, -0.15) is 0 Å². The Hall–Kier alpha value is -2.06. The minimum Gasteiger partial charge on any atom is -0.344 e. The fourth-order valence-corrected chi connectivity index (χ4v) is 5.11. The molecule has 2 aromatic carbocycles. The zero-order chi connectivity index (χ0) is 17.0. The first kappa shape index (κ1) is 15.2. The van der Waals surface area contributed by atoms with Crippen LogP contribution in [0.5, 0.6) is 0 Å². The number of aryl methyl sites for hydroxylation is 3. The molecule has 0 saturated carbocycles. The molecule has 1 fully saturated rings. The van der Waals surface area contributed by atoms with E-state index in [-0.39, 0.29) is 0 Å². The molecular formula is C23H26N2. The molecule has 2 heteroatoms. The highest BCUT2D eigenvalue weighted by Crippen LogP contribution is 2.46. The molecule has 2 aliphatic rings. The number of likely N-dealkylation sites (N-methyl/N-ethyl adjacent to an activating group) is 1. The maximum Gasteiger partial charge on any atom is 0.0486 e. The second kappa shape index (κ2) is 5.74. The summed E-state index contributed by atoms with van der Waals surface area (Å²) in [6, 6.07) is 19.3. The van der Waals surface area contributed by atoms with Crippen molar-refractivity contribution >= 4 is 10.9 Å². The van der Waals surface area contributed by atoms with Crippen LogP contribution in [0.25, 0.3) is 10.9 Å². The van der Waals surface area contributed by atoms with Crippen LogP contribution >= 0.6 is 0 Å². The Morgan fingerprint density at radius 1 is 1.04 bits per heavy atom. The van der Waals surface area contributed by atoms with Crippen molar-refractivity contribution in [3.05, 3.63) is 70.9 Å². The molecule has 2 nitrogen and oxygen atoms in total. The molecule has 0 N–H and O–H groups in total. The number of benzene rings is 2. The van der Waals surface area contributed by atoms with Crippen molar-refractivity contribution in [1.29, 1.82) is 0 Å². The lowest BCUT2D eigenvalue weighted by Crippen LogP contribution is -2.34. The third-order valence-corrected chi connectivity index (χ3v) is 6.44. The summed E-state index contributed by atoms with van der Waals surface area (Å²) >= 11 is 0. The van der Waals surface area contributed by atoms with Gasteiger partial charge in [0.2, 0.25) is 0 Å². The Bertz CT molecular complexity index is 922. The van der Waals surface area contributed by atoms with Gasteiger partial charge in [0.25, 0.3) is 0 Å². The zero-order valence-corrected chi connectivity index (χ0v) is 15.2. The van der Waals surface area contributed by atoms with Gasteiger partial charge in [0.05, 0.1) is 0 Å². The molecule has 5 rings (SSSR count). The van der Waals surface area contributed by atoms with Crippen LogP contribution in [0.1, 0.15) is 41.3 Å². The predicted molar refractivity (Wildman–Crippen MR) is 104 cm³/mol. The molecule has 2 atom stereocenters. The summed E-state index contributed by atoms with van der Waals surface area (Å²) in [7, 11) is 2.33. The maximum atomic E-state index is 2.63. The van der Waals surface area contributed by atoms with Crippen LogP contribution in [0.15, 0.2) is 48.5 Å². The van der Waals surface area contributed by atoms with Gasteiger partial charge in [-0.15, -0.1) is 0 Å². The molecule has 128 valence electrons. The molecule has 0 radical (unpaired) electrons. The molecule has 0 spiro atoms. The first-order valence-electron chi connectivity index (χ1n) is 9.60. The summed E-state index contributed by atoms with van der Waals surface area (Å²) in [5.74, 6) is 0. The van der Waals surface area contributed by atoms with Crippen molar-refractivity contribution in [2.45, 2.75) is 51.2 Å². The first-order valence-corrected chi connectivity index (χ1v) is 9.60. The van der Waals surface area contributed by atoms with Gasteiger partial charge in [-0.25, -0.2) is 0 Å².